The molecule has 0 radical (unpaired) electrons. The van der Waals surface area contributed by atoms with E-state index in [-0.39, 0.29) is 0 Å². The molecule has 0 N–H and O–H groups in total. The summed E-state index contributed by atoms with van der Waals surface area (Å²) in [6, 6.07) is 4.02. The molecule has 1 heterocycles. The van der Waals surface area contributed by atoms with Crippen LogP contribution in [0.3, 0.4) is 0 Å². The van der Waals surface area contributed by atoms with Gasteiger partial charge in [0.25, 0.3) is 0 Å². The van der Waals surface area contributed by atoms with Gasteiger partial charge in [-0.2, -0.15) is 0 Å². The molecular formula is C11H15BO. The Morgan fingerprint density at radius 3 is 2.92 bits per heavy atom. The summed E-state index contributed by atoms with van der Waals surface area (Å²) in [4.78, 5) is 10.4. The molecule has 0 aliphatic heterocycles. The Hall–Kier alpha value is -0.915. The van der Waals surface area contributed by atoms with E-state index in [0.29, 0.717) is 12.3 Å². The molecule has 1 aromatic rings. The number of rotatable bonds is 4. The summed E-state index contributed by atoms with van der Waals surface area (Å²) in [5, 5.41) is 0. The predicted octanol–water partition coefficient (Wildman–Crippen LogP) is 1.96. The maximum absolute atomic E-state index is 10.4. The minimum atomic E-state index is 0.545. The maximum atomic E-state index is 10.4. The van der Waals surface area contributed by atoms with Gasteiger partial charge in [0.2, 0.25) is 0 Å². The zero-order chi connectivity index (χ0) is 9.68. The molecular weight excluding hydrogens is 159 g/mol. The molecule has 1 aromatic heterocycles. The predicted molar refractivity (Wildman–Crippen MR) is 56.1 cm³/mol. The van der Waals surface area contributed by atoms with Gasteiger partial charge in [0, 0.05) is 0 Å². The first-order chi connectivity index (χ1) is 6.24. The molecule has 0 amide bonds. The van der Waals surface area contributed by atoms with Crippen molar-refractivity contribution in [2.75, 3.05) is 0 Å². The Labute approximate surface area is 80.4 Å². The number of carbonyl (C=O) groups excluding carboxylic acids is 1. The molecule has 1 nitrogen and oxygen atoms in total. The van der Waals surface area contributed by atoms with E-state index < -0.39 is 0 Å². The van der Waals surface area contributed by atoms with E-state index in [9.17, 15) is 4.79 Å². The fourth-order valence-electron chi connectivity index (χ4n) is 1.49. The van der Waals surface area contributed by atoms with Gasteiger partial charge in [-0.05, 0) is 0 Å². The van der Waals surface area contributed by atoms with Crippen LogP contribution < -0.4 is 0 Å². The molecule has 0 saturated carbocycles. The van der Waals surface area contributed by atoms with E-state index in [1.165, 1.54) is 11.0 Å². The molecule has 1 rings (SSSR count). The van der Waals surface area contributed by atoms with Gasteiger partial charge in [-0.25, -0.2) is 0 Å². The molecule has 0 aliphatic rings. The second-order valence-electron chi connectivity index (χ2n) is 3.74. The Bertz CT molecular complexity index is 281. The first-order valence-corrected chi connectivity index (χ1v) is 4.74. The van der Waals surface area contributed by atoms with Gasteiger partial charge in [-0.1, -0.05) is 0 Å². The summed E-state index contributed by atoms with van der Waals surface area (Å²) in [5.41, 5.74) is 2.48. The van der Waals surface area contributed by atoms with Crippen LogP contribution in [0.5, 0.6) is 0 Å². The van der Waals surface area contributed by atoms with Gasteiger partial charge in [0.05, 0.1) is 0 Å². The number of hydrogen-bond acceptors (Lipinski definition) is 1. The van der Waals surface area contributed by atoms with Crippen molar-refractivity contribution in [1.82, 2.24) is 0 Å². The van der Waals surface area contributed by atoms with Crippen LogP contribution >= 0.6 is 0 Å². The van der Waals surface area contributed by atoms with Crippen molar-refractivity contribution in [3.05, 3.63) is 29.1 Å². The molecule has 0 atom stereocenters. The van der Waals surface area contributed by atoms with Crippen LogP contribution in [0.1, 0.15) is 24.9 Å². The molecule has 0 fully saturated rings. The van der Waals surface area contributed by atoms with Crippen molar-refractivity contribution in [2.45, 2.75) is 26.7 Å². The van der Waals surface area contributed by atoms with Crippen molar-refractivity contribution in [3.8, 4) is 0 Å². The van der Waals surface area contributed by atoms with E-state index in [0.717, 1.165) is 12.7 Å². The van der Waals surface area contributed by atoms with Crippen LogP contribution in [-0.4, -0.2) is 13.2 Å². The van der Waals surface area contributed by atoms with Gasteiger partial charge in [-0.15, -0.1) is 0 Å². The van der Waals surface area contributed by atoms with E-state index in [2.05, 4.69) is 20.8 Å². The van der Waals surface area contributed by atoms with Crippen LogP contribution in [-0.2, 0) is 17.6 Å². The third kappa shape index (κ3) is 3.13. The Morgan fingerprint density at radius 2 is 2.31 bits per heavy atom. The topological polar surface area (TPSA) is 17.1 Å². The average molecular weight is 174 g/mol. The van der Waals surface area contributed by atoms with Gasteiger partial charge in [0.1, 0.15) is 0 Å². The third-order valence-corrected chi connectivity index (χ3v) is 2.05. The Morgan fingerprint density at radius 1 is 1.54 bits per heavy atom. The fourth-order valence-corrected chi connectivity index (χ4v) is 1.49. The van der Waals surface area contributed by atoms with Crippen LogP contribution in [0.15, 0.2) is 18.1 Å². The summed E-state index contributed by atoms with van der Waals surface area (Å²) < 4.78 is 0. The van der Waals surface area contributed by atoms with Crippen LogP contribution in [0.4, 0.5) is 0 Å². The molecule has 0 spiro atoms. The number of carbonyl (C=O) groups is 1. The van der Waals surface area contributed by atoms with Crippen molar-refractivity contribution in [2.24, 2.45) is 5.92 Å². The van der Waals surface area contributed by atoms with Gasteiger partial charge in [0.15, 0.2) is 0 Å². The van der Waals surface area contributed by atoms with E-state index in [4.69, 9.17) is 0 Å². The molecule has 13 heavy (non-hydrogen) atoms. The van der Waals surface area contributed by atoms with E-state index in [1.807, 2.05) is 18.1 Å². The zero-order valence-electron chi connectivity index (χ0n) is 8.29. The van der Waals surface area contributed by atoms with E-state index in [1.54, 1.807) is 0 Å². The normalized spacial score (nSPS) is 10.1. The SMILES string of the molecule is CC(C)Cc1bcccc1CC=O. The summed E-state index contributed by atoms with van der Waals surface area (Å²) in [7, 11) is 0. The average Bonchev–Trinajstić information content (AvgIpc) is 2.08. The molecule has 0 unspecified atom stereocenters. The summed E-state index contributed by atoms with van der Waals surface area (Å²) in [5.74, 6) is 2.68. The first kappa shape index (κ1) is 10.2. The molecule has 0 bridgehead atoms. The fraction of sp³-hybridized carbons (Fsp3) is 0.455. The van der Waals surface area contributed by atoms with E-state index >= 15 is 0 Å². The van der Waals surface area contributed by atoms with Gasteiger partial charge in [-0.3, -0.25) is 0 Å². The molecule has 68 valence electrons. The summed E-state index contributed by atoms with van der Waals surface area (Å²) in [6.07, 6.45) is 2.58. The molecule has 0 saturated heterocycles. The van der Waals surface area contributed by atoms with Crippen molar-refractivity contribution in [3.63, 3.8) is 0 Å². The molecule has 0 aromatic carbocycles. The van der Waals surface area contributed by atoms with Crippen LogP contribution in [0, 0.1) is 5.92 Å². The quantitative estimate of drug-likeness (QED) is 0.637. The monoisotopic (exact) mass is 174 g/mol. The molecule has 0 aliphatic carbocycles. The Balaban J connectivity index is 2.83. The minimum absolute atomic E-state index is 0.545. The van der Waals surface area contributed by atoms with Gasteiger partial charge < -0.3 is 0 Å². The second kappa shape index (κ2) is 4.95. The zero-order valence-corrected chi connectivity index (χ0v) is 8.29. The number of aldehydes is 1. The standard InChI is InChI=1S/C11H15BO/c1-9(2)8-11-10(5-7-13)4-3-6-12-11/h3-4,6-7,9H,5,8H2,1-2H3. The Kier molecular flexibility index (Phi) is 3.87. The van der Waals surface area contributed by atoms with Crippen LogP contribution in [0.2, 0.25) is 0 Å². The van der Waals surface area contributed by atoms with Crippen molar-refractivity contribution < 1.29 is 4.79 Å². The first-order valence-electron chi connectivity index (χ1n) is 4.74. The van der Waals surface area contributed by atoms with Crippen LogP contribution in [0.25, 0.3) is 0 Å². The molecule has 2 heteroatoms. The summed E-state index contributed by atoms with van der Waals surface area (Å²) in [6.45, 7) is 6.49. The summed E-state index contributed by atoms with van der Waals surface area (Å²) >= 11 is 0. The second-order valence-corrected chi connectivity index (χ2v) is 3.74. The van der Waals surface area contributed by atoms with Crippen molar-refractivity contribution >= 4 is 13.2 Å². The van der Waals surface area contributed by atoms with Crippen molar-refractivity contribution in [1.29, 1.82) is 0 Å². The number of hydrogen-bond donors (Lipinski definition) is 0. The third-order valence-electron chi connectivity index (χ3n) is 2.05. The van der Waals surface area contributed by atoms with Gasteiger partial charge >= 0.3 is 79.7 Å².